The lowest BCUT2D eigenvalue weighted by molar-refractivity contribution is 0.0511. The summed E-state index contributed by atoms with van der Waals surface area (Å²) in [6.45, 7) is 8.19. The van der Waals surface area contributed by atoms with Gasteiger partial charge in [-0.25, -0.2) is 0 Å². The standard InChI is InChI=1S/C15H25NO/c1-4-15(5-2)16-11-13(3)17-12-14-9-7-6-8-10-14/h6-10,13,15-16H,4-5,11-12H2,1-3H3. The molecule has 1 rings (SSSR count). The number of rotatable bonds is 8. The molecule has 2 heteroatoms. The maximum absolute atomic E-state index is 5.80. The van der Waals surface area contributed by atoms with E-state index in [2.05, 4.69) is 38.2 Å². The molecule has 1 atom stereocenters. The van der Waals surface area contributed by atoms with Crippen molar-refractivity contribution in [3.63, 3.8) is 0 Å². The predicted molar refractivity (Wildman–Crippen MR) is 73.1 cm³/mol. The van der Waals surface area contributed by atoms with Crippen LogP contribution in [0.25, 0.3) is 0 Å². The highest BCUT2D eigenvalue weighted by Crippen LogP contribution is 2.03. The average Bonchev–Trinajstić information content (AvgIpc) is 2.39. The van der Waals surface area contributed by atoms with Crippen molar-refractivity contribution in [1.29, 1.82) is 0 Å². The number of hydrogen-bond donors (Lipinski definition) is 1. The van der Waals surface area contributed by atoms with E-state index in [1.165, 1.54) is 18.4 Å². The van der Waals surface area contributed by atoms with Crippen molar-refractivity contribution in [2.75, 3.05) is 6.54 Å². The molecule has 0 amide bonds. The van der Waals surface area contributed by atoms with Crippen LogP contribution in [-0.4, -0.2) is 18.7 Å². The molecular formula is C15H25NO. The summed E-state index contributed by atoms with van der Waals surface area (Å²) in [6.07, 6.45) is 2.62. The molecule has 0 aliphatic carbocycles. The highest BCUT2D eigenvalue weighted by molar-refractivity contribution is 5.13. The van der Waals surface area contributed by atoms with Gasteiger partial charge in [-0.3, -0.25) is 0 Å². The van der Waals surface area contributed by atoms with Crippen LogP contribution in [0, 0.1) is 0 Å². The Balaban J connectivity index is 2.19. The van der Waals surface area contributed by atoms with Gasteiger partial charge in [-0.1, -0.05) is 44.2 Å². The first kappa shape index (κ1) is 14.2. The monoisotopic (exact) mass is 235 g/mol. The molecule has 1 aromatic rings. The van der Waals surface area contributed by atoms with Crippen LogP contribution in [-0.2, 0) is 11.3 Å². The van der Waals surface area contributed by atoms with E-state index in [1.54, 1.807) is 0 Å². The van der Waals surface area contributed by atoms with E-state index in [0.29, 0.717) is 12.6 Å². The van der Waals surface area contributed by atoms with Crippen molar-refractivity contribution in [2.24, 2.45) is 0 Å². The fourth-order valence-corrected chi connectivity index (χ4v) is 1.78. The second-order valence-electron chi connectivity index (χ2n) is 4.53. The molecule has 1 unspecified atom stereocenters. The maximum Gasteiger partial charge on any atom is 0.0721 e. The van der Waals surface area contributed by atoms with Crippen LogP contribution < -0.4 is 5.32 Å². The highest BCUT2D eigenvalue weighted by Gasteiger charge is 2.06. The van der Waals surface area contributed by atoms with Gasteiger partial charge in [0.05, 0.1) is 12.7 Å². The SMILES string of the molecule is CCC(CC)NCC(C)OCc1ccccc1. The van der Waals surface area contributed by atoms with Crippen molar-refractivity contribution in [3.05, 3.63) is 35.9 Å². The van der Waals surface area contributed by atoms with Gasteiger partial charge in [0.25, 0.3) is 0 Å². The van der Waals surface area contributed by atoms with Crippen molar-refractivity contribution in [1.82, 2.24) is 5.32 Å². The van der Waals surface area contributed by atoms with E-state index in [-0.39, 0.29) is 6.10 Å². The van der Waals surface area contributed by atoms with Crippen molar-refractivity contribution >= 4 is 0 Å². The lowest BCUT2D eigenvalue weighted by atomic mass is 10.1. The Bertz CT molecular complexity index is 282. The van der Waals surface area contributed by atoms with Gasteiger partial charge in [0.2, 0.25) is 0 Å². The van der Waals surface area contributed by atoms with Gasteiger partial charge in [-0.05, 0) is 25.3 Å². The van der Waals surface area contributed by atoms with Crippen LogP contribution in [0.1, 0.15) is 39.2 Å². The lowest BCUT2D eigenvalue weighted by Gasteiger charge is -2.19. The molecule has 0 saturated heterocycles. The summed E-state index contributed by atoms with van der Waals surface area (Å²) >= 11 is 0. The van der Waals surface area contributed by atoms with Gasteiger partial charge in [0, 0.05) is 12.6 Å². The minimum Gasteiger partial charge on any atom is -0.373 e. The molecule has 0 bridgehead atoms. The second kappa shape index (κ2) is 8.26. The van der Waals surface area contributed by atoms with E-state index < -0.39 is 0 Å². The van der Waals surface area contributed by atoms with Crippen molar-refractivity contribution < 1.29 is 4.74 Å². The molecule has 0 aliphatic rings. The summed E-state index contributed by atoms with van der Waals surface area (Å²) in [5.74, 6) is 0. The first-order valence-electron chi connectivity index (χ1n) is 6.65. The summed E-state index contributed by atoms with van der Waals surface area (Å²) in [6, 6.07) is 10.9. The molecule has 1 N–H and O–H groups in total. The largest absolute Gasteiger partial charge is 0.373 e. The first-order chi connectivity index (χ1) is 8.26. The third-order valence-electron chi connectivity index (χ3n) is 3.06. The Hall–Kier alpha value is -0.860. The van der Waals surface area contributed by atoms with Crippen LogP contribution >= 0.6 is 0 Å². The van der Waals surface area contributed by atoms with Crippen LogP contribution in [0.3, 0.4) is 0 Å². The normalized spacial score (nSPS) is 12.9. The Morgan fingerprint density at radius 1 is 1.12 bits per heavy atom. The first-order valence-corrected chi connectivity index (χ1v) is 6.65. The highest BCUT2D eigenvalue weighted by atomic mass is 16.5. The fraction of sp³-hybridized carbons (Fsp3) is 0.600. The number of nitrogens with one attached hydrogen (secondary N) is 1. The zero-order valence-electron chi connectivity index (χ0n) is 11.3. The van der Waals surface area contributed by atoms with Crippen LogP contribution in [0.5, 0.6) is 0 Å². The van der Waals surface area contributed by atoms with Crippen LogP contribution in [0.2, 0.25) is 0 Å². The van der Waals surface area contributed by atoms with Gasteiger partial charge >= 0.3 is 0 Å². The van der Waals surface area contributed by atoms with E-state index in [0.717, 1.165) is 6.54 Å². The summed E-state index contributed by atoms with van der Waals surface area (Å²) in [5.41, 5.74) is 1.24. The quantitative estimate of drug-likeness (QED) is 0.746. The molecule has 0 fully saturated rings. The van der Waals surface area contributed by atoms with Crippen LogP contribution in [0.15, 0.2) is 30.3 Å². The summed E-state index contributed by atoms with van der Waals surface area (Å²) in [5, 5.41) is 3.53. The molecule has 0 radical (unpaired) electrons. The molecule has 0 saturated carbocycles. The Kier molecular flexibility index (Phi) is 6.90. The average molecular weight is 235 g/mol. The van der Waals surface area contributed by atoms with Gasteiger partial charge in [0.1, 0.15) is 0 Å². The Morgan fingerprint density at radius 3 is 2.35 bits per heavy atom. The molecular weight excluding hydrogens is 210 g/mol. The molecule has 96 valence electrons. The van der Waals surface area contributed by atoms with Crippen LogP contribution in [0.4, 0.5) is 0 Å². The minimum atomic E-state index is 0.260. The molecule has 17 heavy (non-hydrogen) atoms. The van der Waals surface area contributed by atoms with Gasteiger partial charge < -0.3 is 10.1 Å². The van der Waals surface area contributed by atoms with Crippen molar-refractivity contribution in [3.8, 4) is 0 Å². The Labute approximate surface area is 105 Å². The lowest BCUT2D eigenvalue weighted by Crippen LogP contribution is -2.34. The van der Waals surface area contributed by atoms with E-state index in [9.17, 15) is 0 Å². The molecule has 0 spiro atoms. The third-order valence-corrected chi connectivity index (χ3v) is 3.06. The van der Waals surface area contributed by atoms with E-state index in [4.69, 9.17) is 4.74 Å². The molecule has 0 aromatic heterocycles. The number of hydrogen-bond acceptors (Lipinski definition) is 2. The second-order valence-corrected chi connectivity index (χ2v) is 4.53. The molecule has 0 heterocycles. The van der Waals surface area contributed by atoms with Gasteiger partial charge in [-0.15, -0.1) is 0 Å². The third kappa shape index (κ3) is 5.85. The topological polar surface area (TPSA) is 21.3 Å². The predicted octanol–water partition coefficient (Wildman–Crippen LogP) is 3.37. The maximum atomic E-state index is 5.80. The zero-order chi connectivity index (χ0) is 12.5. The summed E-state index contributed by atoms with van der Waals surface area (Å²) in [4.78, 5) is 0. The summed E-state index contributed by atoms with van der Waals surface area (Å²) < 4.78 is 5.80. The number of ether oxygens (including phenoxy) is 1. The smallest absolute Gasteiger partial charge is 0.0721 e. The summed E-state index contributed by atoms with van der Waals surface area (Å²) in [7, 11) is 0. The van der Waals surface area contributed by atoms with E-state index >= 15 is 0 Å². The molecule has 2 nitrogen and oxygen atoms in total. The van der Waals surface area contributed by atoms with Crippen molar-refractivity contribution in [2.45, 2.75) is 52.4 Å². The van der Waals surface area contributed by atoms with Gasteiger partial charge in [-0.2, -0.15) is 0 Å². The fourth-order valence-electron chi connectivity index (χ4n) is 1.78. The molecule has 0 aliphatic heterocycles. The number of benzene rings is 1. The zero-order valence-corrected chi connectivity index (χ0v) is 11.3. The van der Waals surface area contributed by atoms with Gasteiger partial charge in [0.15, 0.2) is 0 Å². The molecule has 1 aromatic carbocycles. The Morgan fingerprint density at radius 2 is 1.76 bits per heavy atom. The minimum absolute atomic E-state index is 0.260. The van der Waals surface area contributed by atoms with E-state index in [1.807, 2.05) is 18.2 Å².